The maximum Gasteiger partial charge on any atom is 0.116 e. The first-order chi connectivity index (χ1) is 19.7. The van der Waals surface area contributed by atoms with E-state index in [1.165, 1.54) is 0 Å². The van der Waals surface area contributed by atoms with E-state index < -0.39 is 36.6 Å². The Morgan fingerprint density at radius 1 is 0.350 bits per heavy atom. The molecule has 1 aliphatic rings. The van der Waals surface area contributed by atoms with Gasteiger partial charge in [-0.15, -0.1) is 0 Å². The van der Waals surface area contributed by atoms with Gasteiger partial charge in [0.05, 0.1) is 26.4 Å². The molecule has 0 aromatic heterocycles. The molecule has 6 nitrogen and oxygen atoms in total. The summed E-state index contributed by atoms with van der Waals surface area (Å²) in [5, 5.41) is 22.7. The predicted molar refractivity (Wildman–Crippen MR) is 152 cm³/mol. The van der Waals surface area contributed by atoms with Crippen LogP contribution >= 0.6 is 0 Å². The van der Waals surface area contributed by atoms with Gasteiger partial charge in [-0.2, -0.15) is 0 Å². The van der Waals surface area contributed by atoms with Crippen molar-refractivity contribution < 1.29 is 29.2 Å². The number of aliphatic hydroxyl groups excluding tert-OH is 2. The summed E-state index contributed by atoms with van der Waals surface area (Å²) in [6.45, 7) is 1.08. The molecule has 208 valence electrons. The summed E-state index contributed by atoms with van der Waals surface area (Å²) in [6, 6.07) is 39.1. The van der Waals surface area contributed by atoms with Crippen LogP contribution in [0.4, 0.5) is 0 Å². The lowest BCUT2D eigenvalue weighted by atomic mass is 9.84. The number of benzene rings is 4. The number of hydrogen-bond acceptors (Lipinski definition) is 6. The molecule has 0 unspecified atom stereocenters. The number of rotatable bonds is 12. The van der Waals surface area contributed by atoms with E-state index in [-0.39, 0.29) is 26.4 Å². The highest BCUT2D eigenvalue weighted by atomic mass is 16.6. The van der Waals surface area contributed by atoms with Crippen LogP contribution < -0.4 is 0 Å². The van der Waals surface area contributed by atoms with E-state index >= 15 is 0 Å². The molecule has 0 radical (unpaired) electrons. The van der Waals surface area contributed by atoms with Crippen LogP contribution in [0.5, 0.6) is 0 Å². The highest BCUT2D eigenvalue weighted by molar-refractivity contribution is 5.17. The van der Waals surface area contributed by atoms with Gasteiger partial charge >= 0.3 is 0 Å². The number of ether oxygens (including phenoxy) is 4. The van der Waals surface area contributed by atoms with Crippen molar-refractivity contribution in [1.29, 1.82) is 0 Å². The summed E-state index contributed by atoms with van der Waals surface area (Å²) in [6.07, 6.45) is -5.63. The maximum atomic E-state index is 11.4. The Hall–Kier alpha value is -3.36. The van der Waals surface area contributed by atoms with Gasteiger partial charge in [0.2, 0.25) is 0 Å². The lowest BCUT2D eigenvalue weighted by Crippen LogP contribution is -2.66. The SMILES string of the molecule is O[C@H]1[C@H](O)[C@H](OCc2ccccc2)[C@@H](OCc2ccccc2)[C@@H](OCc2ccccc2)[C@@H]1OCc1ccccc1. The van der Waals surface area contributed by atoms with Crippen LogP contribution in [0.25, 0.3) is 0 Å². The monoisotopic (exact) mass is 540 g/mol. The summed E-state index contributed by atoms with van der Waals surface area (Å²) in [7, 11) is 0. The molecule has 0 saturated heterocycles. The van der Waals surface area contributed by atoms with E-state index in [1.54, 1.807) is 0 Å². The lowest BCUT2D eigenvalue weighted by molar-refractivity contribution is -0.273. The van der Waals surface area contributed by atoms with Crippen LogP contribution in [0, 0.1) is 0 Å². The van der Waals surface area contributed by atoms with Crippen molar-refractivity contribution in [1.82, 2.24) is 0 Å². The molecule has 6 heteroatoms. The first-order valence-electron chi connectivity index (χ1n) is 13.7. The average Bonchev–Trinajstić information content (AvgIpc) is 3.01. The Morgan fingerprint density at radius 3 is 0.825 bits per heavy atom. The van der Waals surface area contributed by atoms with Gasteiger partial charge in [0, 0.05) is 0 Å². The minimum absolute atomic E-state index is 0.251. The molecule has 0 amide bonds. The number of hydrogen-bond donors (Lipinski definition) is 2. The van der Waals surface area contributed by atoms with Crippen molar-refractivity contribution in [3.05, 3.63) is 144 Å². The normalized spacial score (nSPS) is 24.6. The summed E-state index contributed by atoms with van der Waals surface area (Å²) in [5.41, 5.74) is 3.87. The van der Waals surface area contributed by atoms with Crippen LogP contribution in [-0.4, -0.2) is 46.8 Å². The van der Waals surface area contributed by atoms with Gasteiger partial charge in [-0.3, -0.25) is 0 Å². The number of aliphatic hydroxyl groups is 2. The highest BCUT2D eigenvalue weighted by Gasteiger charge is 2.52. The van der Waals surface area contributed by atoms with Gasteiger partial charge in [0.1, 0.15) is 36.6 Å². The van der Waals surface area contributed by atoms with Gasteiger partial charge in [-0.1, -0.05) is 121 Å². The average molecular weight is 541 g/mol. The predicted octanol–water partition coefficient (Wildman–Crippen LogP) is 5.06. The third kappa shape index (κ3) is 7.43. The topological polar surface area (TPSA) is 77.4 Å². The van der Waals surface area contributed by atoms with Gasteiger partial charge in [0.15, 0.2) is 0 Å². The van der Waals surface area contributed by atoms with E-state index in [0.717, 1.165) is 22.3 Å². The Balaban J connectivity index is 1.42. The van der Waals surface area contributed by atoms with Crippen molar-refractivity contribution in [2.24, 2.45) is 0 Å². The Labute approximate surface area is 235 Å². The molecule has 0 spiro atoms. The first-order valence-corrected chi connectivity index (χ1v) is 13.7. The van der Waals surface area contributed by atoms with E-state index in [4.69, 9.17) is 18.9 Å². The van der Waals surface area contributed by atoms with Gasteiger partial charge in [0.25, 0.3) is 0 Å². The zero-order valence-corrected chi connectivity index (χ0v) is 22.4. The zero-order valence-electron chi connectivity index (χ0n) is 22.4. The van der Waals surface area contributed by atoms with Crippen LogP contribution in [0.1, 0.15) is 22.3 Å². The smallest absolute Gasteiger partial charge is 0.116 e. The van der Waals surface area contributed by atoms with Crippen molar-refractivity contribution >= 4 is 0 Å². The Bertz CT molecular complexity index is 1150. The molecule has 40 heavy (non-hydrogen) atoms. The minimum Gasteiger partial charge on any atom is -0.387 e. The molecule has 4 aromatic carbocycles. The third-order valence-electron chi connectivity index (χ3n) is 7.14. The molecule has 5 rings (SSSR count). The Kier molecular flexibility index (Phi) is 10.1. The van der Waals surface area contributed by atoms with Gasteiger partial charge < -0.3 is 29.2 Å². The van der Waals surface area contributed by atoms with Crippen LogP contribution in [0.15, 0.2) is 121 Å². The molecular weight excluding hydrogens is 504 g/mol. The van der Waals surface area contributed by atoms with Crippen molar-refractivity contribution in [2.45, 2.75) is 63.1 Å². The quantitative estimate of drug-likeness (QED) is 0.262. The fourth-order valence-electron chi connectivity index (χ4n) is 4.98. The molecule has 6 atom stereocenters. The Morgan fingerprint density at radius 2 is 0.575 bits per heavy atom. The summed E-state index contributed by atoms with van der Waals surface area (Å²) < 4.78 is 25.5. The highest BCUT2D eigenvalue weighted by Crippen LogP contribution is 2.32. The standard InChI is InChI=1S/C34H36O6/c35-29-30(36)32(38-22-26-15-7-2-8-16-26)34(40-24-28-19-11-4-12-20-28)33(39-23-27-17-9-3-10-18-27)31(29)37-21-25-13-5-1-6-14-25/h1-20,29-36H,21-24H2/t29-,30-,31-,32+,33+,34-/m0/s1. The zero-order chi connectivity index (χ0) is 27.6. The van der Waals surface area contributed by atoms with Crippen molar-refractivity contribution in [3.8, 4) is 0 Å². The second kappa shape index (κ2) is 14.3. The maximum absolute atomic E-state index is 11.4. The molecule has 1 aliphatic carbocycles. The van der Waals surface area contributed by atoms with E-state index in [2.05, 4.69) is 0 Å². The summed E-state index contributed by atoms with van der Waals surface area (Å²) in [5.74, 6) is 0. The van der Waals surface area contributed by atoms with Crippen LogP contribution in [0.3, 0.4) is 0 Å². The van der Waals surface area contributed by atoms with Gasteiger partial charge in [-0.25, -0.2) is 0 Å². The fraction of sp³-hybridized carbons (Fsp3) is 0.294. The third-order valence-corrected chi connectivity index (χ3v) is 7.14. The summed E-state index contributed by atoms with van der Waals surface area (Å²) >= 11 is 0. The molecule has 2 N–H and O–H groups in total. The largest absolute Gasteiger partial charge is 0.387 e. The molecule has 0 bridgehead atoms. The van der Waals surface area contributed by atoms with E-state index in [1.807, 2.05) is 121 Å². The minimum atomic E-state index is -1.25. The molecule has 0 aliphatic heterocycles. The molecule has 1 saturated carbocycles. The van der Waals surface area contributed by atoms with E-state index in [0.29, 0.717) is 0 Å². The van der Waals surface area contributed by atoms with E-state index in [9.17, 15) is 10.2 Å². The molecular formula is C34H36O6. The van der Waals surface area contributed by atoms with Crippen LogP contribution in [0.2, 0.25) is 0 Å². The second-order valence-corrected chi connectivity index (χ2v) is 10.0. The summed E-state index contributed by atoms with van der Waals surface area (Å²) in [4.78, 5) is 0. The van der Waals surface area contributed by atoms with Crippen molar-refractivity contribution in [3.63, 3.8) is 0 Å². The first kappa shape index (κ1) is 28.2. The molecule has 0 heterocycles. The molecule has 4 aromatic rings. The lowest BCUT2D eigenvalue weighted by Gasteiger charge is -2.47. The van der Waals surface area contributed by atoms with Crippen LogP contribution in [-0.2, 0) is 45.4 Å². The van der Waals surface area contributed by atoms with Gasteiger partial charge in [-0.05, 0) is 22.3 Å². The second-order valence-electron chi connectivity index (χ2n) is 10.0. The molecule has 1 fully saturated rings. The fourth-order valence-corrected chi connectivity index (χ4v) is 4.98. The van der Waals surface area contributed by atoms with Crippen molar-refractivity contribution in [2.75, 3.05) is 0 Å².